The minimum atomic E-state index is 0.909. The minimum Gasteiger partial charge on any atom is -0.247 e. The van der Waals surface area contributed by atoms with Gasteiger partial charge in [-0.1, -0.05) is 48.6 Å². The highest BCUT2D eigenvalue weighted by atomic mass is 14.8. The number of benzene rings is 2. The van der Waals surface area contributed by atoms with Gasteiger partial charge >= 0.3 is 0 Å². The normalized spacial score (nSPS) is 17.0. The maximum Gasteiger partial charge on any atom is 0.0795 e. The van der Waals surface area contributed by atoms with Crippen LogP contribution in [-0.2, 0) is 0 Å². The summed E-state index contributed by atoms with van der Waals surface area (Å²) in [5.41, 5.74) is 9.68. The van der Waals surface area contributed by atoms with Crippen LogP contribution < -0.4 is 0 Å². The fraction of sp³-hybridized carbons (Fsp3) is 0.0500. The molecule has 0 aromatic heterocycles. The summed E-state index contributed by atoms with van der Waals surface area (Å²) in [5.74, 6) is 0. The van der Waals surface area contributed by atoms with Crippen LogP contribution in [0.25, 0.3) is 17.2 Å². The highest BCUT2D eigenvalue weighted by Crippen LogP contribution is 2.46. The zero-order valence-corrected chi connectivity index (χ0v) is 11.4. The van der Waals surface area contributed by atoms with E-state index in [1.54, 1.807) is 0 Å². The molecule has 1 radical (unpaired) electrons. The van der Waals surface area contributed by atoms with Crippen LogP contribution in [0.1, 0.15) is 28.7 Å². The van der Waals surface area contributed by atoms with Crippen molar-refractivity contribution in [3.8, 4) is 0 Å². The lowest BCUT2D eigenvalue weighted by Gasteiger charge is -2.08. The first-order chi connectivity index (χ1) is 10.4. The quantitative estimate of drug-likeness (QED) is 0.701. The van der Waals surface area contributed by atoms with Gasteiger partial charge in [-0.2, -0.15) is 0 Å². The van der Waals surface area contributed by atoms with Crippen molar-refractivity contribution in [3.05, 3.63) is 82.9 Å². The second kappa shape index (κ2) is 3.92. The van der Waals surface area contributed by atoms with Gasteiger partial charge in [-0.05, 0) is 41.3 Å². The monoisotopic (exact) mass is 266 g/mol. The van der Waals surface area contributed by atoms with E-state index in [-0.39, 0.29) is 0 Å². The Morgan fingerprint density at radius 3 is 2.76 bits per heavy atom. The Balaban J connectivity index is 1.76. The average molecular weight is 266 g/mol. The summed E-state index contributed by atoms with van der Waals surface area (Å²) in [5, 5.41) is 0. The standard InChI is InChI=1S/C20H12N/c1-2-7-13(6-1)15-10-5-11-18-19(15)17-12-14-8-3-4-9-16(14)20(17)21-18/h1,3-6,8-12H,2H2. The van der Waals surface area contributed by atoms with Gasteiger partial charge in [0.05, 0.1) is 11.4 Å². The minimum absolute atomic E-state index is 0.909. The molecule has 97 valence electrons. The predicted octanol–water partition coefficient (Wildman–Crippen LogP) is 4.82. The molecule has 1 aliphatic heterocycles. The summed E-state index contributed by atoms with van der Waals surface area (Å²) in [7, 11) is 0. The number of aliphatic imine (C=N–C) groups is 1. The summed E-state index contributed by atoms with van der Waals surface area (Å²) in [6.07, 6.45) is 10.9. The predicted molar refractivity (Wildman–Crippen MR) is 87.4 cm³/mol. The molecule has 0 saturated heterocycles. The fourth-order valence-corrected chi connectivity index (χ4v) is 3.37. The Bertz CT molecular complexity index is 907. The maximum absolute atomic E-state index is 4.87. The number of hydrogen-bond acceptors (Lipinski definition) is 1. The first-order valence-corrected chi connectivity index (χ1v) is 7.23. The fourth-order valence-electron chi connectivity index (χ4n) is 3.37. The lowest BCUT2D eigenvalue weighted by Crippen LogP contribution is -1.96. The Morgan fingerprint density at radius 2 is 1.86 bits per heavy atom. The molecule has 0 saturated carbocycles. The highest BCUT2D eigenvalue weighted by Gasteiger charge is 2.30. The van der Waals surface area contributed by atoms with Crippen LogP contribution in [-0.4, -0.2) is 5.71 Å². The first kappa shape index (κ1) is 11.0. The van der Waals surface area contributed by atoms with Crippen molar-refractivity contribution in [1.82, 2.24) is 0 Å². The van der Waals surface area contributed by atoms with Gasteiger partial charge in [-0.25, -0.2) is 4.99 Å². The number of fused-ring (bicyclic) bond motifs is 5. The first-order valence-electron chi connectivity index (χ1n) is 7.23. The van der Waals surface area contributed by atoms with Crippen LogP contribution in [0, 0.1) is 6.08 Å². The van der Waals surface area contributed by atoms with Crippen LogP contribution in [0.5, 0.6) is 0 Å². The van der Waals surface area contributed by atoms with E-state index in [1.165, 1.54) is 33.4 Å². The summed E-state index contributed by atoms with van der Waals surface area (Å²) in [6.45, 7) is 0. The zero-order valence-electron chi connectivity index (χ0n) is 11.4. The van der Waals surface area contributed by atoms with E-state index in [2.05, 4.69) is 66.8 Å². The van der Waals surface area contributed by atoms with Crippen LogP contribution >= 0.6 is 0 Å². The second-order valence-corrected chi connectivity index (χ2v) is 5.50. The molecule has 1 heterocycles. The van der Waals surface area contributed by atoms with E-state index in [0.29, 0.717) is 0 Å². The number of allylic oxidation sites excluding steroid dienone is 5. The molecule has 1 nitrogen and oxygen atoms in total. The molecule has 2 aromatic carbocycles. The van der Waals surface area contributed by atoms with Crippen LogP contribution in [0.3, 0.4) is 0 Å². The van der Waals surface area contributed by atoms with Gasteiger partial charge in [0.1, 0.15) is 0 Å². The topological polar surface area (TPSA) is 12.4 Å². The van der Waals surface area contributed by atoms with Gasteiger partial charge < -0.3 is 0 Å². The van der Waals surface area contributed by atoms with Crippen LogP contribution in [0.15, 0.2) is 59.6 Å². The molecule has 21 heavy (non-hydrogen) atoms. The number of nitrogens with zero attached hydrogens (tertiary/aromatic N) is 1. The second-order valence-electron chi connectivity index (χ2n) is 5.50. The molecule has 3 aliphatic rings. The molecule has 2 aliphatic carbocycles. The van der Waals surface area contributed by atoms with Gasteiger partial charge in [0.2, 0.25) is 0 Å². The highest BCUT2D eigenvalue weighted by molar-refractivity contribution is 6.43. The summed E-state index contributed by atoms with van der Waals surface area (Å²) in [4.78, 5) is 4.87. The van der Waals surface area contributed by atoms with E-state index in [0.717, 1.165) is 17.8 Å². The molecule has 2 aromatic rings. The van der Waals surface area contributed by atoms with Gasteiger partial charge in [-0.3, -0.25) is 0 Å². The van der Waals surface area contributed by atoms with E-state index in [4.69, 9.17) is 4.99 Å². The van der Waals surface area contributed by atoms with Crippen molar-refractivity contribution >= 4 is 28.6 Å². The zero-order chi connectivity index (χ0) is 13.8. The number of rotatable bonds is 1. The van der Waals surface area contributed by atoms with Crippen LogP contribution in [0.2, 0.25) is 0 Å². The maximum atomic E-state index is 4.87. The van der Waals surface area contributed by atoms with Gasteiger partial charge in [-0.15, -0.1) is 0 Å². The Labute approximate surface area is 123 Å². The lowest BCUT2D eigenvalue weighted by atomic mass is 9.94. The van der Waals surface area contributed by atoms with E-state index < -0.39 is 0 Å². The summed E-state index contributed by atoms with van der Waals surface area (Å²) < 4.78 is 0. The molecule has 5 rings (SSSR count). The van der Waals surface area contributed by atoms with Gasteiger partial charge in [0.15, 0.2) is 0 Å². The SMILES string of the molecule is [C]1=C(c2cccc3c2C2=Cc4ccccc4C2=N3)C=CC1. The van der Waals surface area contributed by atoms with Crippen molar-refractivity contribution in [2.24, 2.45) is 4.99 Å². The molecule has 0 N–H and O–H groups in total. The average Bonchev–Trinajstić information content (AvgIpc) is 3.22. The van der Waals surface area contributed by atoms with Crippen molar-refractivity contribution < 1.29 is 0 Å². The van der Waals surface area contributed by atoms with E-state index in [9.17, 15) is 0 Å². The third kappa shape index (κ3) is 1.43. The summed E-state index contributed by atoms with van der Waals surface area (Å²) >= 11 is 0. The molecule has 0 unspecified atom stereocenters. The number of hydrogen-bond donors (Lipinski definition) is 0. The molecule has 1 heteroatoms. The molecule has 0 amide bonds. The Morgan fingerprint density at radius 1 is 0.952 bits per heavy atom. The third-order valence-corrected chi connectivity index (χ3v) is 4.30. The molecule has 0 bridgehead atoms. The van der Waals surface area contributed by atoms with Crippen molar-refractivity contribution in [1.29, 1.82) is 0 Å². The third-order valence-electron chi connectivity index (χ3n) is 4.30. The Kier molecular flexibility index (Phi) is 2.06. The van der Waals surface area contributed by atoms with Crippen molar-refractivity contribution in [3.63, 3.8) is 0 Å². The Hall–Kier alpha value is -2.67. The largest absolute Gasteiger partial charge is 0.247 e. The smallest absolute Gasteiger partial charge is 0.0795 e. The lowest BCUT2D eigenvalue weighted by molar-refractivity contribution is 1.39. The molecular weight excluding hydrogens is 254 g/mol. The van der Waals surface area contributed by atoms with E-state index >= 15 is 0 Å². The molecule has 0 spiro atoms. The molecule has 0 atom stereocenters. The van der Waals surface area contributed by atoms with E-state index in [1.807, 2.05) is 0 Å². The van der Waals surface area contributed by atoms with Crippen LogP contribution in [0.4, 0.5) is 5.69 Å². The van der Waals surface area contributed by atoms with Gasteiger partial charge in [0.25, 0.3) is 0 Å². The van der Waals surface area contributed by atoms with Gasteiger partial charge in [0, 0.05) is 16.7 Å². The molecule has 0 fully saturated rings. The molecular formula is C20H12N. The summed E-state index contributed by atoms with van der Waals surface area (Å²) in [6, 6.07) is 14.9. The van der Waals surface area contributed by atoms with Crippen molar-refractivity contribution in [2.45, 2.75) is 6.42 Å². The van der Waals surface area contributed by atoms with Crippen molar-refractivity contribution in [2.75, 3.05) is 0 Å².